The molecule has 3 rings (SSSR count). The number of nitrogens with zero attached hydrogens (tertiary/aromatic N) is 2. The third-order valence-electron chi connectivity index (χ3n) is 4.12. The van der Waals surface area contributed by atoms with Crippen molar-refractivity contribution in [3.05, 3.63) is 69.2 Å². The Kier molecular flexibility index (Phi) is 5.23. The number of halogens is 1. The van der Waals surface area contributed by atoms with E-state index in [0.717, 1.165) is 12.0 Å². The Bertz CT molecular complexity index is 1030. The fraction of sp³-hybridized carbons (Fsp3) is 0.211. The number of aryl methyl sites for hydroxylation is 1. The van der Waals surface area contributed by atoms with Crippen molar-refractivity contribution >= 4 is 28.6 Å². The van der Waals surface area contributed by atoms with Crippen molar-refractivity contribution in [3.63, 3.8) is 0 Å². The third-order valence-corrected chi connectivity index (χ3v) is 4.43. The molecule has 7 heteroatoms. The molecule has 0 aliphatic carbocycles. The van der Waals surface area contributed by atoms with E-state index in [4.69, 9.17) is 16.7 Å². The highest BCUT2D eigenvalue weighted by atomic mass is 35.5. The van der Waals surface area contributed by atoms with Gasteiger partial charge in [0.05, 0.1) is 21.6 Å². The first-order valence-corrected chi connectivity index (χ1v) is 8.65. The lowest BCUT2D eigenvalue weighted by atomic mass is 10.1. The molecular weight excluding hydrogens is 354 g/mol. The van der Waals surface area contributed by atoms with Crippen LogP contribution in [0.4, 0.5) is 4.79 Å². The zero-order chi connectivity index (χ0) is 18.7. The largest absolute Gasteiger partial charge is 0.465 e. The molecule has 26 heavy (non-hydrogen) atoms. The normalized spacial score (nSPS) is 10.8. The minimum atomic E-state index is -1.12. The molecule has 0 radical (unpaired) electrons. The van der Waals surface area contributed by atoms with E-state index in [1.807, 2.05) is 31.2 Å². The van der Waals surface area contributed by atoms with E-state index in [-0.39, 0.29) is 18.5 Å². The van der Waals surface area contributed by atoms with Gasteiger partial charge >= 0.3 is 6.09 Å². The van der Waals surface area contributed by atoms with E-state index in [2.05, 4.69) is 10.3 Å². The second kappa shape index (κ2) is 7.58. The summed E-state index contributed by atoms with van der Waals surface area (Å²) in [4.78, 5) is 28.5. The van der Waals surface area contributed by atoms with Crippen LogP contribution in [0, 0.1) is 0 Å². The van der Waals surface area contributed by atoms with Gasteiger partial charge in [-0.05, 0) is 36.2 Å². The molecule has 0 saturated heterocycles. The molecule has 2 aromatic carbocycles. The molecule has 1 heterocycles. The summed E-state index contributed by atoms with van der Waals surface area (Å²) in [7, 11) is 0. The Morgan fingerprint density at radius 3 is 2.77 bits per heavy atom. The van der Waals surface area contributed by atoms with Gasteiger partial charge in [-0.25, -0.2) is 9.78 Å². The maximum Gasteiger partial charge on any atom is 0.404 e. The van der Waals surface area contributed by atoms with Crippen LogP contribution in [0.15, 0.2) is 47.3 Å². The van der Waals surface area contributed by atoms with Gasteiger partial charge in [0.2, 0.25) is 0 Å². The molecule has 6 nitrogen and oxygen atoms in total. The molecule has 0 atom stereocenters. The van der Waals surface area contributed by atoms with Crippen LogP contribution in [-0.2, 0) is 12.8 Å². The molecule has 0 unspecified atom stereocenters. The number of fused-ring (bicyclic) bond motifs is 1. The Hall–Kier alpha value is -2.86. The fourth-order valence-corrected chi connectivity index (χ4v) is 3.12. The molecule has 0 fully saturated rings. The van der Waals surface area contributed by atoms with Gasteiger partial charge in [-0.3, -0.25) is 9.36 Å². The predicted molar refractivity (Wildman–Crippen MR) is 101 cm³/mol. The second-order valence-corrected chi connectivity index (χ2v) is 6.22. The van der Waals surface area contributed by atoms with Crippen molar-refractivity contribution in [3.8, 4) is 5.69 Å². The van der Waals surface area contributed by atoms with Gasteiger partial charge in [-0.15, -0.1) is 0 Å². The van der Waals surface area contributed by atoms with Crippen molar-refractivity contribution in [2.45, 2.75) is 19.8 Å². The smallest absolute Gasteiger partial charge is 0.404 e. The van der Waals surface area contributed by atoms with E-state index in [0.29, 0.717) is 27.4 Å². The van der Waals surface area contributed by atoms with Crippen LogP contribution in [0.1, 0.15) is 18.3 Å². The maximum atomic E-state index is 13.2. The highest BCUT2D eigenvalue weighted by Crippen LogP contribution is 2.21. The molecule has 0 aliphatic heterocycles. The number of hydrogen-bond acceptors (Lipinski definition) is 3. The Labute approximate surface area is 155 Å². The highest BCUT2D eigenvalue weighted by Gasteiger charge is 2.15. The Morgan fingerprint density at radius 2 is 2.04 bits per heavy atom. The summed E-state index contributed by atoms with van der Waals surface area (Å²) < 4.78 is 1.51. The van der Waals surface area contributed by atoms with Crippen LogP contribution in [0.3, 0.4) is 0 Å². The molecule has 0 aliphatic rings. The third kappa shape index (κ3) is 3.55. The highest BCUT2D eigenvalue weighted by molar-refractivity contribution is 6.35. The van der Waals surface area contributed by atoms with Gasteiger partial charge in [-0.2, -0.15) is 0 Å². The lowest BCUT2D eigenvalue weighted by molar-refractivity contribution is 0.194. The van der Waals surface area contributed by atoms with Crippen molar-refractivity contribution in [1.82, 2.24) is 14.9 Å². The number of carboxylic acid groups (broad SMARTS) is 1. The average Bonchev–Trinajstić information content (AvgIpc) is 2.61. The first-order chi connectivity index (χ1) is 12.5. The number of hydrogen-bond donors (Lipinski definition) is 2. The van der Waals surface area contributed by atoms with Gasteiger partial charge in [0.15, 0.2) is 0 Å². The van der Waals surface area contributed by atoms with E-state index >= 15 is 0 Å². The molecule has 0 spiro atoms. The number of carbonyl (C=O) groups is 1. The van der Waals surface area contributed by atoms with Gasteiger partial charge in [-0.1, -0.05) is 36.7 Å². The first-order valence-electron chi connectivity index (χ1n) is 8.27. The van der Waals surface area contributed by atoms with Gasteiger partial charge < -0.3 is 10.4 Å². The lowest BCUT2D eigenvalue weighted by Gasteiger charge is -2.15. The fourth-order valence-electron chi connectivity index (χ4n) is 2.87. The van der Waals surface area contributed by atoms with Crippen LogP contribution < -0.4 is 10.9 Å². The second-order valence-electron chi connectivity index (χ2n) is 5.81. The zero-order valence-corrected chi connectivity index (χ0v) is 15.0. The van der Waals surface area contributed by atoms with Crippen molar-refractivity contribution in [2.24, 2.45) is 0 Å². The standard InChI is InChI=1S/C19H18ClN3O3/c1-2-12-5-3-6-13(11-12)23-16(9-10-21-19(25)26)22-15-8-4-7-14(20)17(15)18(23)24/h3-8,11,21H,2,9-10H2,1H3,(H,25,26). The number of nitrogens with one attached hydrogen (secondary N) is 1. The summed E-state index contributed by atoms with van der Waals surface area (Å²) in [5, 5.41) is 11.8. The topological polar surface area (TPSA) is 84.2 Å². The average molecular weight is 372 g/mol. The molecule has 2 N–H and O–H groups in total. The minimum absolute atomic E-state index is 0.154. The van der Waals surface area contributed by atoms with E-state index < -0.39 is 6.09 Å². The van der Waals surface area contributed by atoms with Gasteiger partial charge in [0.25, 0.3) is 5.56 Å². The summed E-state index contributed by atoms with van der Waals surface area (Å²) in [5.74, 6) is 0.478. The quantitative estimate of drug-likeness (QED) is 0.719. The zero-order valence-electron chi connectivity index (χ0n) is 14.2. The van der Waals surface area contributed by atoms with Gasteiger partial charge in [0.1, 0.15) is 5.82 Å². The van der Waals surface area contributed by atoms with Crippen molar-refractivity contribution < 1.29 is 9.90 Å². The van der Waals surface area contributed by atoms with Crippen LogP contribution >= 0.6 is 11.6 Å². The molecule has 0 saturated carbocycles. The number of amides is 1. The number of aromatic nitrogens is 2. The molecular formula is C19H18ClN3O3. The van der Waals surface area contributed by atoms with Crippen LogP contribution in [0.2, 0.25) is 5.02 Å². The van der Waals surface area contributed by atoms with Gasteiger partial charge in [0, 0.05) is 13.0 Å². The SMILES string of the molecule is CCc1cccc(-n2c(CCNC(=O)O)nc3cccc(Cl)c3c2=O)c1. The molecule has 0 bridgehead atoms. The number of rotatable bonds is 5. The molecule has 134 valence electrons. The van der Waals surface area contributed by atoms with Crippen molar-refractivity contribution in [1.29, 1.82) is 0 Å². The first kappa shape index (κ1) is 17.9. The maximum absolute atomic E-state index is 13.2. The lowest BCUT2D eigenvalue weighted by Crippen LogP contribution is -2.29. The molecule has 3 aromatic rings. The van der Waals surface area contributed by atoms with Crippen LogP contribution in [-0.4, -0.2) is 27.3 Å². The van der Waals surface area contributed by atoms with E-state index in [1.54, 1.807) is 18.2 Å². The summed E-state index contributed by atoms with van der Waals surface area (Å²) in [6.45, 7) is 2.19. The molecule has 1 aromatic heterocycles. The summed E-state index contributed by atoms with van der Waals surface area (Å²) in [6.07, 6.45) is -0.00337. The van der Waals surface area contributed by atoms with Crippen molar-refractivity contribution in [2.75, 3.05) is 6.54 Å². The summed E-state index contributed by atoms with van der Waals surface area (Å²) >= 11 is 6.24. The summed E-state index contributed by atoms with van der Waals surface area (Å²) in [6, 6.07) is 12.8. The van der Waals surface area contributed by atoms with E-state index in [9.17, 15) is 9.59 Å². The van der Waals surface area contributed by atoms with Crippen LogP contribution in [0.25, 0.3) is 16.6 Å². The Balaban J connectivity index is 2.22. The predicted octanol–water partition coefficient (Wildman–Crippen LogP) is 3.41. The van der Waals surface area contributed by atoms with Crippen LogP contribution in [0.5, 0.6) is 0 Å². The molecule has 1 amide bonds. The Morgan fingerprint density at radius 1 is 1.27 bits per heavy atom. The van der Waals surface area contributed by atoms with E-state index in [1.165, 1.54) is 4.57 Å². The minimum Gasteiger partial charge on any atom is -0.465 e. The number of benzene rings is 2. The monoisotopic (exact) mass is 371 g/mol. The summed E-state index contributed by atoms with van der Waals surface area (Å²) in [5.41, 5.74) is 2.01.